The Morgan fingerprint density at radius 3 is 2.91 bits per heavy atom. The van der Waals surface area contributed by atoms with Crippen molar-refractivity contribution in [1.29, 1.82) is 0 Å². The number of ketones is 1. The summed E-state index contributed by atoms with van der Waals surface area (Å²) >= 11 is 0. The minimum Gasteiger partial charge on any atom is -0.472 e. The number of nitrogens with one attached hydrogen (secondary N) is 2. The number of Topliss-reactive ketones (excluding diaryl/α,β-unsaturated/α-hetero) is 1. The second-order valence-corrected chi connectivity index (χ2v) is 7.01. The Bertz CT molecular complexity index is 790. The summed E-state index contributed by atoms with van der Waals surface area (Å²) in [6.45, 7) is 4.26. The highest BCUT2D eigenvalue weighted by Crippen LogP contribution is 2.45. The van der Waals surface area contributed by atoms with Crippen LogP contribution in [-0.4, -0.2) is 10.8 Å². The summed E-state index contributed by atoms with van der Waals surface area (Å²) in [5.74, 6) is 0.184. The molecule has 2 N–H and O–H groups in total. The maximum atomic E-state index is 12.9. The smallest absolute Gasteiger partial charge is 0.163 e. The number of anilines is 2. The molecule has 1 atom stereocenters. The minimum absolute atomic E-state index is 0.0451. The van der Waals surface area contributed by atoms with Crippen molar-refractivity contribution < 1.29 is 9.21 Å². The second-order valence-electron chi connectivity index (χ2n) is 7.01. The lowest BCUT2D eigenvalue weighted by atomic mass is 9.73. The van der Waals surface area contributed by atoms with Crippen molar-refractivity contribution in [3.05, 3.63) is 53.9 Å². The van der Waals surface area contributed by atoms with Crippen molar-refractivity contribution in [3.63, 3.8) is 0 Å². The molecular formula is C18H19N3O2. The number of pyridine rings is 1. The second kappa shape index (κ2) is 4.98. The average molecular weight is 309 g/mol. The van der Waals surface area contributed by atoms with Gasteiger partial charge in [-0.1, -0.05) is 13.8 Å². The van der Waals surface area contributed by atoms with E-state index < -0.39 is 0 Å². The molecule has 1 aliphatic heterocycles. The van der Waals surface area contributed by atoms with Crippen LogP contribution in [0.4, 0.5) is 11.4 Å². The monoisotopic (exact) mass is 309 g/mol. The zero-order valence-corrected chi connectivity index (χ0v) is 13.2. The highest BCUT2D eigenvalue weighted by atomic mass is 16.3. The highest BCUT2D eigenvalue weighted by Gasteiger charge is 2.38. The number of hydrogen-bond donors (Lipinski definition) is 2. The van der Waals surface area contributed by atoms with Crippen LogP contribution in [-0.2, 0) is 4.79 Å². The molecule has 23 heavy (non-hydrogen) atoms. The Labute approximate surface area is 134 Å². The molecule has 0 fully saturated rings. The van der Waals surface area contributed by atoms with Crippen LogP contribution >= 0.6 is 0 Å². The van der Waals surface area contributed by atoms with Crippen LogP contribution in [0.3, 0.4) is 0 Å². The van der Waals surface area contributed by atoms with Gasteiger partial charge in [-0.3, -0.25) is 9.78 Å². The molecule has 0 bridgehead atoms. The van der Waals surface area contributed by atoms with Crippen molar-refractivity contribution in [2.45, 2.75) is 32.7 Å². The fourth-order valence-electron chi connectivity index (χ4n) is 3.48. The van der Waals surface area contributed by atoms with Gasteiger partial charge in [-0.25, -0.2) is 0 Å². The molecule has 4 rings (SSSR count). The molecule has 2 aliphatic rings. The molecule has 0 aromatic carbocycles. The Balaban J connectivity index is 1.88. The highest BCUT2D eigenvalue weighted by molar-refractivity contribution is 6.01. The summed E-state index contributed by atoms with van der Waals surface area (Å²) in [5.41, 5.74) is 4.54. The number of carbonyl (C=O) groups excluding carboxylic acids is 1. The molecule has 1 unspecified atom stereocenters. The van der Waals surface area contributed by atoms with Crippen molar-refractivity contribution in [2.24, 2.45) is 5.41 Å². The quantitative estimate of drug-likeness (QED) is 0.836. The van der Waals surface area contributed by atoms with Gasteiger partial charge in [0.05, 0.1) is 36.1 Å². The standard InChI is InChI=1S/C18H19N3O2/c1-18(2)7-13-16(15(22)8-18)17(11-4-6-23-10-11)21-12-3-5-19-9-14(12)20-13/h3-6,9-10,17,20-21H,7-8H2,1-2H3. The van der Waals surface area contributed by atoms with E-state index in [0.29, 0.717) is 6.42 Å². The molecule has 5 nitrogen and oxygen atoms in total. The number of rotatable bonds is 1. The number of hydrogen-bond acceptors (Lipinski definition) is 5. The van der Waals surface area contributed by atoms with Gasteiger partial charge < -0.3 is 15.1 Å². The van der Waals surface area contributed by atoms with Crippen molar-refractivity contribution >= 4 is 17.2 Å². The maximum absolute atomic E-state index is 12.9. The van der Waals surface area contributed by atoms with Crippen molar-refractivity contribution in [3.8, 4) is 0 Å². The number of nitrogens with zero attached hydrogens (tertiary/aromatic N) is 1. The third kappa shape index (κ3) is 2.42. The van der Waals surface area contributed by atoms with Crippen LogP contribution in [0.15, 0.2) is 52.7 Å². The molecule has 3 heterocycles. The van der Waals surface area contributed by atoms with E-state index in [1.165, 1.54) is 0 Å². The van der Waals surface area contributed by atoms with E-state index in [2.05, 4.69) is 29.5 Å². The molecular weight excluding hydrogens is 290 g/mol. The molecule has 5 heteroatoms. The summed E-state index contributed by atoms with van der Waals surface area (Å²) < 4.78 is 5.25. The van der Waals surface area contributed by atoms with Crippen LogP contribution in [0.5, 0.6) is 0 Å². The van der Waals surface area contributed by atoms with Gasteiger partial charge in [-0.15, -0.1) is 0 Å². The van der Waals surface area contributed by atoms with Gasteiger partial charge in [0.25, 0.3) is 0 Å². The first-order valence-corrected chi connectivity index (χ1v) is 7.79. The summed E-state index contributed by atoms with van der Waals surface area (Å²) in [5, 5.41) is 6.92. The average Bonchev–Trinajstić information content (AvgIpc) is 2.95. The number of carbonyl (C=O) groups is 1. The fourth-order valence-corrected chi connectivity index (χ4v) is 3.48. The fraction of sp³-hybridized carbons (Fsp3) is 0.333. The van der Waals surface area contributed by atoms with Crippen molar-refractivity contribution in [1.82, 2.24) is 4.98 Å². The molecule has 0 radical (unpaired) electrons. The molecule has 118 valence electrons. The molecule has 0 amide bonds. The minimum atomic E-state index is -0.205. The third-order valence-corrected chi connectivity index (χ3v) is 4.49. The third-order valence-electron chi connectivity index (χ3n) is 4.49. The number of fused-ring (bicyclic) bond motifs is 1. The van der Waals surface area contributed by atoms with Gasteiger partial charge in [0, 0.05) is 29.5 Å². The summed E-state index contributed by atoms with van der Waals surface area (Å²) in [7, 11) is 0. The van der Waals surface area contributed by atoms with Gasteiger partial charge in [0.15, 0.2) is 5.78 Å². The Morgan fingerprint density at radius 1 is 1.26 bits per heavy atom. The van der Waals surface area contributed by atoms with Crippen molar-refractivity contribution in [2.75, 3.05) is 10.6 Å². The van der Waals surface area contributed by atoms with E-state index in [9.17, 15) is 4.79 Å². The number of furan rings is 1. The molecule has 2 aromatic heterocycles. The number of allylic oxidation sites excluding steroid dienone is 1. The van der Waals surface area contributed by atoms with E-state index in [4.69, 9.17) is 4.42 Å². The molecule has 0 spiro atoms. The van der Waals surface area contributed by atoms with E-state index in [1.54, 1.807) is 24.9 Å². The van der Waals surface area contributed by atoms with E-state index in [1.807, 2.05) is 12.1 Å². The topological polar surface area (TPSA) is 67.2 Å². The van der Waals surface area contributed by atoms with Gasteiger partial charge in [-0.2, -0.15) is 0 Å². The molecule has 1 aliphatic carbocycles. The van der Waals surface area contributed by atoms with Crippen LogP contribution in [0, 0.1) is 5.41 Å². The first-order chi connectivity index (χ1) is 11.0. The first-order valence-electron chi connectivity index (χ1n) is 7.79. The Morgan fingerprint density at radius 2 is 2.13 bits per heavy atom. The number of aromatic nitrogens is 1. The zero-order chi connectivity index (χ0) is 16.0. The Hall–Kier alpha value is -2.56. The lowest BCUT2D eigenvalue weighted by Gasteiger charge is -2.33. The van der Waals surface area contributed by atoms with Gasteiger partial charge >= 0.3 is 0 Å². The predicted octanol–water partition coefficient (Wildman–Crippen LogP) is 3.90. The molecule has 2 aromatic rings. The zero-order valence-electron chi connectivity index (χ0n) is 13.2. The van der Waals surface area contributed by atoms with Gasteiger partial charge in [0.1, 0.15) is 0 Å². The summed E-state index contributed by atoms with van der Waals surface area (Å²) in [6.07, 6.45) is 8.26. The summed E-state index contributed by atoms with van der Waals surface area (Å²) in [6, 6.07) is 3.62. The predicted molar refractivity (Wildman–Crippen MR) is 88.0 cm³/mol. The maximum Gasteiger partial charge on any atom is 0.163 e. The lowest BCUT2D eigenvalue weighted by molar-refractivity contribution is -0.118. The normalized spacial score (nSPS) is 22.5. The van der Waals surface area contributed by atoms with Gasteiger partial charge in [-0.05, 0) is 24.0 Å². The van der Waals surface area contributed by atoms with E-state index >= 15 is 0 Å². The van der Waals surface area contributed by atoms with Crippen LogP contribution in [0.25, 0.3) is 0 Å². The van der Waals surface area contributed by atoms with Crippen LogP contribution < -0.4 is 10.6 Å². The molecule has 0 saturated carbocycles. The van der Waals surface area contributed by atoms with Crippen LogP contribution in [0.1, 0.15) is 38.3 Å². The lowest BCUT2D eigenvalue weighted by Crippen LogP contribution is -2.31. The SMILES string of the molecule is CC1(C)CC(=O)C2=C(C1)Nc1cnccc1NC2c1ccoc1. The summed E-state index contributed by atoms with van der Waals surface area (Å²) in [4.78, 5) is 17.1. The first kappa shape index (κ1) is 14.1. The molecule has 0 saturated heterocycles. The largest absolute Gasteiger partial charge is 0.472 e. The van der Waals surface area contributed by atoms with E-state index in [0.717, 1.165) is 34.6 Å². The van der Waals surface area contributed by atoms with Gasteiger partial charge in [0.2, 0.25) is 0 Å². The Kier molecular flexibility index (Phi) is 3.04. The van der Waals surface area contributed by atoms with Crippen LogP contribution in [0.2, 0.25) is 0 Å². The van der Waals surface area contributed by atoms with E-state index in [-0.39, 0.29) is 17.2 Å².